The van der Waals surface area contributed by atoms with E-state index in [9.17, 15) is 4.79 Å². The molecule has 0 fully saturated rings. The molecule has 5 nitrogen and oxygen atoms in total. The van der Waals surface area contributed by atoms with Gasteiger partial charge in [0.15, 0.2) is 0 Å². The lowest BCUT2D eigenvalue weighted by Gasteiger charge is -2.08. The van der Waals surface area contributed by atoms with Crippen molar-refractivity contribution in [2.45, 2.75) is 20.3 Å². The van der Waals surface area contributed by atoms with E-state index in [-0.39, 0.29) is 5.91 Å². The molecule has 0 aliphatic carbocycles. The van der Waals surface area contributed by atoms with Crippen LogP contribution >= 0.6 is 0 Å². The highest BCUT2D eigenvalue weighted by molar-refractivity contribution is 5.92. The Labute approximate surface area is 135 Å². The summed E-state index contributed by atoms with van der Waals surface area (Å²) in [6.07, 6.45) is 5.59. The first-order chi connectivity index (χ1) is 11.1. The highest BCUT2D eigenvalue weighted by Gasteiger charge is 2.06. The van der Waals surface area contributed by atoms with Crippen LogP contribution in [-0.2, 0) is 11.2 Å². The molecule has 0 unspecified atom stereocenters. The minimum absolute atomic E-state index is 0.0519. The zero-order chi connectivity index (χ0) is 16.2. The molecule has 1 amide bonds. The third kappa shape index (κ3) is 3.63. The first-order valence-electron chi connectivity index (χ1n) is 7.43. The fraction of sp³-hybridized carbons (Fsp3) is 0.167. The Morgan fingerprint density at radius 1 is 1.17 bits per heavy atom. The van der Waals surface area contributed by atoms with Gasteiger partial charge in [-0.3, -0.25) is 9.36 Å². The number of nitrogens with zero attached hydrogens (tertiary/aromatic N) is 3. The van der Waals surface area contributed by atoms with E-state index in [1.807, 2.05) is 61.0 Å². The first kappa shape index (κ1) is 15.0. The Hall–Kier alpha value is -2.95. The molecule has 2 heterocycles. The van der Waals surface area contributed by atoms with E-state index in [0.717, 1.165) is 22.8 Å². The molecule has 0 saturated carbocycles. The van der Waals surface area contributed by atoms with Gasteiger partial charge in [-0.15, -0.1) is 0 Å². The summed E-state index contributed by atoms with van der Waals surface area (Å²) in [5, 5.41) is 2.87. The number of aryl methyl sites for hydroxylation is 2. The number of hydrogen-bond donors (Lipinski definition) is 1. The van der Waals surface area contributed by atoms with Crippen LogP contribution in [-0.4, -0.2) is 20.4 Å². The Bertz CT molecular complexity index is 821. The van der Waals surface area contributed by atoms with Crippen molar-refractivity contribution in [1.82, 2.24) is 14.5 Å². The maximum Gasteiger partial charge on any atom is 0.228 e. The summed E-state index contributed by atoms with van der Waals surface area (Å²) in [6, 6.07) is 11.6. The fourth-order valence-corrected chi connectivity index (χ4v) is 2.44. The van der Waals surface area contributed by atoms with Gasteiger partial charge in [0.1, 0.15) is 11.6 Å². The Balaban J connectivity index is 1.66. The predicted octanol–water partition coefficient (Wildman–Crippen LogP) is 3.07. The van der Waals surface area contributed by atoms with Crippen molar-refractivity contribution in [2.24, 2.45) is 0 Å². The summed E-state index contributed by atoms with van der Waals surface area (Å²) in [5.74, 6) is 1.59. The third-order valence-corrected chi connectivity index (χ3v) is 3.55. The average molecular weight is 306 g/mol. The van der Waals surface area contributed by atoms with Crippen LogP contribution in [0.3, 0.4) is 0 Å². The van der Waals surface area contributed by atoms with E-state index in [4.69, 9.17) is 0 Å². The van der Waals surface area contributed by atoms with Crippen LogP contribution in [0.2, 0.25) is 0 Å². The van der Waals surface area contributed by atoms with E-state index >= 15 is 0 Å². The minimum atomic E-state index is -0.0519. The Morgan fingerprint density at radius 3 is 2.70 bits per heavy atom. The molecule has 23 heavy (non-hydrogen) atoms. The van der Waals surface area contributed by atoms with Crippen LogP contribution in [0.25, 0.3) is 5.82 Å². The van der Waals surface area contributed by atoms with Crippen LogP contribution < -0.4 is 5.32 Å². The fourth-order valence-electron chi connectivity index (χ4n) is 2.44. The second-order valence-corrected chi connectivity index (χ2v) is 5.46. The zero-order valence-corrected chi connectivity index (χ0v) is 13.2. The van der Waals surface area contributed by atoms with E-state index in [1.54, 1.807) is 12.4 Å². The van der Waals surface area contributed by atoms with Gasteiger partial charge in [0.05, 0.1) is 18.3 Å². The summed E-state index contributed by atoms with van der Waals surface area (Å²) < 4.78 is 1.89. The predicted molar refractivity (Wildman–Crippen MR) is 89.6 cm³/mol. The number of aromatic nitrogens is 3. The van der Waals surface area contributed by atoms with Gasteiger partial charge >= 0.3 is 0 Å². The van der Waals surface area contributed by atoms with Gasteiger partial charge in [-0.25, -0.2) is 9.97 Å². The molecule has 1 aromatic carbocycles. The average Bonchev–Trinajstić information content (AvgIpc) is 2.94. The van der Waals surface area contributed by atoms with Crippen LogP contribution in [0.4, 0.5) is 5.69 Å². The Kier molecular flexibility index (Phi) is 4.19. The molecule has 0 radical (unpaired) electrons. The summed E-state index contributed by atoms with van der Waals surface area (Å²) in [7, 11) is 0. The van der Waals surface area contributed by atoms with Crippen molar-refractivity contribution in [3.8, 4) is 5.82 Å². The van der Waals surface area contributed by atoms with Crippen LogP contribution in [0.15, 0.2) is 55.0 Å². The summed E-state index contributed by atoms with van der Waals surface area (Å²) >= 11 is 0. The first-order valence-corrected chi connectivity index (χ1v) is 7.43. The number of hydrogen-bond acceptors (Lipinski definition) is 3. The monoisotopic (exact) mass is 306 g/mol. The molecular formula is C18H18N4O. The van der Waals surface area contributed by atoms with Crippen LogP contribution in [0.5, 0.6) is 0 Å². The lowest BCUT2D eigenvalue weighted by Crippen LogP contribution is -2.14. The number of carbonyl (C=O) groups excluding carboxylic acids is 1. The summed E-state index contributed by atoms with van der Waals surface area (Å²) in [6.45, 7) is 3.93. The molecule has 0 atom stereocenters. The zero-order valence-electron chi connectivity index (χ0n) is 13.2. The number of amides is 1. The number of carbonyl (C=O) groups is 1. The maximum atomic E-state index is 12.1. The van der Waals surface area contributed by atoms with Crippen molar-refractivity contribution in [3.63, 3.8) is 0 Å². The van der Waals surface area contributed by atoms with Gasteiger partial charge in [0, 0.05) is 12.4 Å². The second-order valence-electron chi connectivity index (χ2n) is 5.46. The highest BCUT2D eigenvalue weighted by Crippen LogP contribution is 2.12. The lowest BCUT2D eigenvalue weighted by atomic mass is 10.1. The van der Waals surface area contributed by atoms with E-state index < -0.39 is 0 Å². The Morgan fingerprint density at radius 2 is 2.04 bits per heavy atom. The molecule has 3 rings (SSSR count). The highest BCUT2D eigenvalue weighted by atomic mass is 16.1. The maximum absolute atomic E-state index is 12.1. The normalized spacial score (nSPS) is 10.5. The standard InChI is InChI=1S/C18H18N4O/c1-13-4-3-5-15(10-13)11-18(23)21-16-6-7-17(20-12-16)22-9-8-19-14(22)2/h3-10,12H,11H2,1-2H3,(H,21,23). The molecule has 1 N–H and O–H groups in total. The second kappa shape index (κ2) is 6.44. The molecule has 0 spiro atoms. The quantitative estimate of drug-likeness (QED) is 0.806. The third-order valence-electron chi connectivity index (χ3n) is 3.55. The molecular weight excluding hydrogens is 288 g/mol. The number of pyridine rings is 1. The molecule has 5 heteroatoms. The van der Waals surface area contributed by atoms with Crippen LogP contribution in [0.1, 0.15) is 17.0 Å². The van der Waals surface area contributed by atoms with Gasteiger partial charge in [-0.1, -0.05) is 29.8 Å². The molecule has 0 aliphatic rings. The smallest absolute Gasteiger partial charge is 0.228 e. The number of rotatable bonds is 4. The number of imidazole rings is 1. The van der Waals surface area contributed by atoms with Crippen molar-refractivity contribution in [3.05, 3.63) is 71.9 Å². The molecule has 2 aromatic heterocycles. The molecule has 0 saturated heterocycles. The minimum Gasteiger partial charge on any atom is -0.324 e. The van der Waals surface area contributed by atoms with Crippen molar-refractivity contribution >= 4 is 11.6 Å². The van der Waals surface area contributed by atoms with Gasteiger partial charge in [0.2, 0.25) is 5.91 Å². The van der Waals surface area contributed by atoms with Gasteiger partial charge in [-0.2, -0.15) is 0 Å². The van der Waals surface area contributed by atoms with Gasteiger partial charge in [-0.05, 0) is 31.5 Å². The van der Waals surface area contributed by atoms with E-state index in [1.165, 1.54) is 0 Å². The van der Waals surface area contributed by atoms with Crippen molar-refractivity contribution in [1.29, 1.82) is 0 Å². The molecule has 0 aliphatic heterocycles. The van der Waals surface area contributed by atoms with Gasteiger partial charge in [0.25, 0.3) is 0 Å². The lowest BCUT2D eigenvalue weighted by molar-refractivity contribution is -0.115. The molecule has 3 aromatic rings. The largest absolute Gasteiger partial charge is 0.324 e. The van der Waals surface area contributed by atoms with E-state index in [0.29, 0.717) is 12.1 Å². The SMILES string of the molecule is Cc1cccc(CC(=O)Nc2ccc(-n3ccnc3C)nc2)c1. The summed E-state index contributed by atoms with van der Waals surface area (Å²) in [5.41, 5.74) is 2.84. The number of benzene rings is 1. The summed E-state index contributed by atoms with van der Waals surface area (Å²) in [4.78, 5) is 20.6. The molecule has 116 valence electrons. The number of anilines is 1. The number of nitrogens with one attached hydrogen (secondary N) is 1. The van der Waals surface area contributed by atoms with Crippen LogP contribution in [0, 0.1) is 13.8 Å². The van der Waals surface area contributed by atoms with Gasteiger partial charge < -0.3 is 5.32 Å². The van der Waals surface area contributed by atoms with Crippen molar-refractivity contribution in [2.75, 3.05) is 5.32 Å². The topological polar surface area (TPSA) is 59.8 Å². The van der Waals surface area contributed by atoms with Crippen molar-refractivity contribution < 1.29 is 4.79 Å². The van der Waals surface area contributed by atoms with E-state index in [2.05, 4.69) is 15.3 Å². The molecule has 0 bridgehead atoms.